The summed E-state index contributed by atoms with van der Waals surface area (Å²) in [4.78, 5) is 14.3. The van der Waals surface area contributed by atoms with E-state index in [1.165, 1.54) is 6.21 Å². The van der Waals surface area contributed by atoms with Gasteiger partial charge >= 0.3 is 6.09 Å². The lowest BCUT2D eigenvalue weighted by Gasteiger charge is -2.20. The highest BCUT2D eigenvalue weighted by Gasteiger charge is 2.15. The van der Waals surface area contributed by atoms with Crippen LogP contribution in [0.3, 0.4) is 0 Å². The van der Waals surface area contributed by atoms with Crippen molar-refractivity contribution in [1.82, 2.24) is 0 Å². The molecule has 1 heterocycles. The van der Waals surface area contributed by atoms with Gasteiger partial charge in [-0.05, 0) is 25.7 Å². The van der Waals surface area contributed by atoms with Gasteiger partial charge in [0.15, 0.2) is 0 Å². The van der Waals surface area contributed by atoms with Crippen LogP contribution in [0.5, 0.6) is 0 Å². The average Bonchev–Trinajstić information content (AvgIpc) is 2.17. The Kier molecular flexibility index (Phi) is 4.46. The molecular formula is C9H15NO3. The number of carbonyl (C=O) groups excluding carboxylic acids is 1. The third-order valence-electron chi connectivity index (χ3n) is 2.02. The quantitative estimate of drug-likeness (QED) is 0.614. The molecule has 0 aromatic rings. The molecule has 0 bridgehead atoms. The van der Waals surface area contributed by atoms with E-state index in [0.29, 0.717) is 12.5 Å². The maximum atomic E-state index is 10.8. The minimum absolute atomic E-state index is 0.449. The van der Waals surface area contributed by atoms with Crippen molar-refractivity contribution in [2.45, 2.75) is 19.8 Å². The second-order valence-corrected chi connectivity index (χ2v) is 3.02. The first kappa shape index (κ1) is 10.2. The van der Waals surface area contributed by atoms with E-state index in [1.54, 1.807) is 6.92 Å². The number of hydrogen-bond acceptors (Lipinski definition) is 3. The Labute approximate surface area is 77.9 Å². The van der Waals surface area contributed by atoms with Gasteiger partial charge in [-0.2, -0.15) is 4.99 Å². The second kappa shape index (κ2) is 5.70. The zero-order valence-electron chi connectivity index (χ0n) is 7.86. The van der Waals surface area contributed by atoms with Crippen LogP contribution in [0.15, 0.2) is 4.99 Å². The van der Waals surface area contributed by atoms with Crippen molar-refractivity contribution in [2.24, 2.45) is 10.9 Å². The van der Waals surface area contributed by atoms with Crippen LogP contribution in [-0.4, -0.2) is 32.1 Å². The first-order valence-electron chi connectivity index (χ1n) is 4.56. The molecule has 0 spiro atoms. The summed E-state index contributed by atoms with van der Waals surface area (Å²) in [5, 5.41) is 0. The first-order chi connectivity index (χ1) is 6.33. The van der Waals surface area contributed by atoms with E-state index in [2.05, 4.69) is 4.99 Å². The summed E-state index contributed by atoms with van der Waals surface area (Å²) in [5.41, 5.74) is 0. The third-order valence-corrected chi connectivity index (χ3v) is 2.02. The summed E-state index contributed by atoms with van der Waals surface area (Å²) in [6.45, 7) is 3.72. The topological polar surface area (TPSA) is 47.9 Å². The van der Waals surface area contributed by atoms with E-state index in [9.17, 15) is 4.79 Å². The molecule has 1 fully saturated rings. The zero-order valence-corrected chi connectivity index (χ0v) is 7.86. The SMILES string of the molecule is CC=NC(=O)OCC1CCOCC1. The Morgan fingerprint density at radius 2 is 2.31 bits per heavy atom. The Bertz CT molecular complexity index is 185. The number of nitrogens with zero attached hydrogens (tertiary/aromatic N) is 1. The lowest BCUT2D eigenvalue weighted by molar-refractivity contribution is 0.0398. The molecule has 0 aromatic heterocycles. The maximum Gasteiger partial charge on any atom is 0.433 e. The van der Waals surface area contributed by atoms with Gasteiger partial charge < -0.3 is 9.47 Å². The van der Waals surface area contributed by atoms with Gasteiger partial charge in [-0.1, -0.05) is 0 Å². The molecule has 1 aliphatic rings. The van der Waals surface area contributed by atoms with E-state index in [1.807, 2.05) is 0 Å². The van der Waals surface area contributed by atoms with Gasteiger partial charge in [0.25, 0.3) is 0 Å². The molecule has 4 nitrogen and oxygen atoms in total. The normalized spacial score (nSPS) is 19.2. The standard InChI is InChI=1S/C9H15NO3/c1-2-10-9(11)13-7-8-3-5-12-6-4-8/h2,8H,3-7H2,1H3. The zero-order chi connectivity index (χ0) is 9.52. The van der Waals surface area contributed by atoms with Crippen molar-refractivity contribution in [3.8, 4) is 0 Å². The Hall–Kier alpha value is -0.900. The predicted octanol–water partition coefficient (Wildman–Crippen LogP) is 1.64. The highest BCUT2D eigenvalue weighted by atomic mass is 16.5. The number of amides is 1. The molecule has 0 unspecified atom stereocenters. The molecule has 1 saturated heterocycles. The molecule has 13 heavy (non-hydrogen) atoms. The van der Waals surface area contributed by atoms with Gasteiger partial charge in [-0.15, -0.1) is 0 Å². The van der Waals surface area contributed by atoms with E-state index in [4.69, 9.17) is 9.47 Å². The van der Waals surface area contributed by atoms with Gasteiger partial charge in [0.05, 0.1) is 6.61 Å². The molecule has 1 rings (SSSR count). The van der Waals surface area contributed by atoms with E-state index in [-0.39, 0.29) is 0 Å². The van der Waals surface area contributed by atoms with Crippen LogP contribution >= 0.6 is 0 Å². The molecule has 1 amide bonds. The van der Waals surface area contributed by atoms with Crippen molar-refractivity contribution >= 4 is 12.3 Å². The van der Waals surface area contributed by atoms with Gasteiger partial charge in [0, 0.05) is 19.4 Å². The van der Waals surface area contributed by atoms with Crippen LogP contribution in [0.2, 0.25) is 0 Å². The largest absolute Gasteiger partial charge is 0.448 e. The molecule has 0 N–H and O–H groups in total. The highest BCUT2D eigenvalue weighted by molar-refractivity contribution is 5.78. The summed E-state index contributed by atoms with van der Waals surface area (Å²) in [6, 6.07) is 0. The number of ether oxygens (including phenoxy) is 2. The summed E-state index contributed by atoms with van der Waals surface area (Å²) in [7, 11) is 0. The van der Waals surface area contributed by atoms with Crippen LogP contribution in [0.25, 0.3) is 0 Å². The molecule has 4 heteroatoms. The summed E-state index contributed by atoms with van der Waals surface area (Å²) >= 11 is 0. The fourth-order valence-corrected chi connectivity index (χ4v) is 1.24. The van der Waals surface area contributed by atoms with Crippen LogP contribution < -0.4 is 0 Å². The average molecular weight is 185 g/mol. The van der Waals surface area contributed by atoms with E-state index < -0.39 is 6.09 Å². The van der Waals surface area contributed by atoms with E-state index >= 15 is 0 Å². The number of aliphatic imine (C=N–C) groups is 1. The predicted molar refractivity (Wildman–Crippen MR) is 49.1 cm³/mol. The van der Waals surface area contributed by atoms with Crippen molar-refractivity contribution in [1.29, 1.82) is 0 Å². The first-order valence-corrected chi connectivity index (χ1v) is 4.56. The number of rotatable bonds is 2. The molecule has 1 aliphatic heterocycles. The van der Waals surface area contributed by atoms with Crippen molar-refractivity contribution < 1.29 is 14.3 Å². The molecule has 0 aliphatic carbocycles. The number of hydrogen-bond donors (Lipinski definition) is 0. The molecule has 0 aromatic carbocycles. The van der Waals surface area contributed by atoms with Gasteiger partial charge in [0.1, 0.15) is 0 Å². The van der Waals surface area contributed by atoms with Crippen LogP contribution in [-0.2, 0) is 9.47 Å². The summed E-state index contributed by atoms with van der Waals surface area (Å²) in [5.74, 6) is 0.449. The highest BCUT2D eigenvalue weighted by Crippen LogP contribution is 2.14. The molecular weight excluding hydrogens is 170 g/mol. The second-order valence-electron chi connectivity index (χ2n) is 3.02. The van der Waals surface area contributed by atoms with Crippen LogP contribution in [0, 0.1) is 5.92 Å². The van der Waals surface area contributed by atoms with E-state index in [0.717, 1.165) is 26.1 Å². The summed E-state index contributed by atoms with van der Waals surface area (Å²) < 4.78 is 10.1. The molecule has 74 valence electrons. The van der Waals surface area contributed by atoms with Crippen LogP contribution in [0.1, 0.15) is 19.8 Å². The number of carbonyl (C=O) groups is 1. The fourth-order valence-electron chi connectivity index (χ4n) is 1.24. The third kappa shape index (κ3) is 4.03. The summed E-state index contributed by atoms with van der Waals surface area (Å²) in [6.07, 6.45) is 2.90. The van der Waals surface area contributed by atoms with Gasteiger partial charge in [0.2, 0.25) is 0 Å². The van der Waals surface area contributed by atoms with Gasteiger partial charge in [-0.25, -0.2) is 4.79 Å². The monoisotopic (exact) mass is 185 g/mol. The Balaban J connectivity index is 2.13. The van der Waals surface area contributed by atoms with Crippen molar-refractivity contribution in [2.75, 3.05) is 19.8 Å². The molecule has 0 saturated carbocycles. The minimum Gasteiger partial charge on any atom is -0.448 e. The smallest absolute Gasteiger partial charge is 0.433 e. The Morgan fingerprint density at radius 3 is 2.92 bits per heavy atom. The van der Waals surface area contributed by atoms with Crippen LogP contribution in [0.4, 0.5) is 4.79 Å². The fraction of sp³-hybridized carbons (Fsp3) is 0.778. The van der Waals surface area contributed by atoms with Crippen molar-refractivity contribution in [3.05, 3.63) is 0 Å². The molecule has 0 atom stereocenters. The lowest BCUT2D eigenvalue weighted by atomic mass is 10.0. The maximum absolute atomic E-state index is 10.8. The van der Waals surface area contributed by atoms with Gasteiger partial charge in [-0.3, -0.25) is 0 Å². The molecule has 0 radical (unpaired) electrons. The van der Waals surface area contributed by atoms with Crippen molar-refractivity contribution in [3.63, 3.8) is 0 Å². The minimum atomic E-state index is -0.492. The lowest BCUT2D eigenvalue weighted by Crippen LogP contribution is -2.21. The Morgan fingerprint density at radius 1 is 1.62 bits per heavy atom.